The number of nitrogens with one attached hydrogen (secondary N) is 1. The summed E-state index contributed by atoms with van der Waals surface area (Å²) in [7, 11) is 0. The summed E-state index contributed by atoms with van der Waals surface area (Å²) < 4.78 is 13.3. The maximum atomic E-state index is 13.3. The lowest BCUT2D eigenvalue weighted by Crippen LogP contribution is -2.40. The summed E-state index contributed by atoms with van der Waals surface area (Å²) in [6, 6.07) is 0.945. The van der Waals surface area contributed by atoms with E-state index in [4.69, 9.17) is 28.3 Å². The normalized spacial score (nSPS) is 12.0. The van der Waals surface area contributed by atoms with Crippen molar-refractivity contribution in [1.82, 2.24) is 5.32 Å². The Labute approximate surface area is 119 Å². The third kappa shape index (κ3) is 4.08. The van der Waals surface area contributed by atoms with E-state index in [1.54, 1.807) is 6.92 Å². The van der Waals surface area contributed by atoms with Gasteiger partial charge in [0.2, 0.25) is 0 Å². The van der Waals surface area contributed by atoms with E-state index in [9.17, 15) is 14.0 Å². The Morgan fingerprint density at radius 2 is 2.00 bits per heavy atom. The molecule has 0 fully saturated rings. The lowest BCUT2D eigenvalue weighted by Gasteiger charge is -2.14. The Bertz CT molecular complexity index is 508. The van der Waals surface area contributed by atoms with Gasteiger partial charge in [0.15, 0.2) is 0 Å². The summed E-state index contributed by atoms with van der Waals surface area (Å²) in [5.41, 5.74) is -0.147. The number of hydrogen-bond acceptors (Lipinski definition) is 2. The molecule has 0 unspecified atom stereocenters. The van der Waals surface area contributed by atoms with E-state index >= 15 is 0 Å². The van der Waals surface area contributed by atoms with E-state index in [-0.39, 0.29) is 22.0 Å². The van der Waals surface area contributed by atoms with Gasteiger partial charge in [-0.25, -0.2) is 9.18 Å². The van der Waals surface area contributed by atoms with Crippen LogP contribution in [0.4, 0.5) is 4.39 Å². The Balaban J connectivity index is 2.94. The van der Waals surface area contributed by atoms with Crippen LogP contribution in [0.3, 0.4) is 0 Å². The minimum atomic E-state index is -1.15. The Morgan fingerprint density at radius 1 is 1.37 bits per heavy atom. The van der Waals surface area contributed by atoms with Crippen molar-refractivity contribution < 1.29 is 19.1 Å². The van der Waals surface area contributed by atoms with E-state index in [1.165, 1.54) is 0 Å². The van der Waals surface area contributed by atoms with Gasteiger partial charge in [0, 0.05) is 0 Å². The summed E-state index contributed by atoms with van der Waals surface area (Å²) in [5, 5.41) is 11.0. The fourth-order valence-electron chi connectivity index (χ4n) is 1.48. The van der Waals surface area contributed by atoms with Crippen molar-refractivity contribution in [1.29, 1.82) is 0 Å². The van der Waals surface area contributed by atoms with Crippen molar-refractivity contribution in [2.24, 2.45) is 0 Å². The minimum Gasteiger partial charge on any atom is -0.480 e. The highest BCUT2D eigenvalue weighted by Gasteiger charge is 2.21. The smallest absolute Gasteiger partial charge is 0.326 e. The molecule has 0 aliphatic rings. The van der Waals surface area contributed by atoms with Crippen molar-refractivity contribution in [3.8, 4) is 0 Å². The molecule has 0 radical (unpaired) electrons. The maximum Gasteiger partial charge on any atom is 0.326 e. The summed E-state index contributed by atoms with van der Waals surface area (Å²) in [4.78, 5) is 22.8. The van der Waals surface area contributed by atoms with Gasteiger partial charge in [0.1, 0.15) is 11.9 Å². The van der Waals surface area contributed by atoms with Gasteiger partial charge in [-0.1, -0.05) is 36.5 Å². The molecule has 0 aliphatic carbocycles. The van der Waals surface area contributed by atoms with Gasteiger partial charge in [0.25, 0.3) is 5.91 Å². The Hall–Kier alpha value is -1.33. The highest BCUT2D eigenvalue weighted by Crippen LogP contribution is 2.24. The Morgan fingerprint density at radius 3 is 2.53 bits per heavy atom. The monoisotopic (exact) mass is 307 g/mol. The number of hydrogen-bond donors (Lipinski definition) is 2. The molecule has 1 aromatic rings. The summed E-state index contributed by atoms with van der Waals surface area (Å²) in [5.74, 6) is -2.69. The first kappa shape index (κ1) is 15.7. The summed E-state index contributed by atoms with van der Waals surface area (Å²) in [6.45, 7) is 1.79. The number of aliphatic carboxylic acids is 1. The zero-order valence-electron chi connectivity index (χ0n) is 10.0. The summed E-state index contributed by atoms with van der Waals surface area (Å²) >= 11 is 11.3. The van der Waals surface area contributed by atoms with Crippen LogP contribution in [0.2, 0.25) is 10.0 Å². The van der Waals surface area contributed by atoms with Gasteiger partial charge in [-0.15, -0.1) is 0 Å². The number of rotatable bonds is 5. The standard InChI is InChI=1S/C12H12Cl2FNO3/c1-2-3-10(12(18)19)16-11(17)6-4-9(15)8(14)5-7(6)13/h4-5,10H,2-3H2,1H3,(H,16,17)(H,18,19)/t10-/m0/s1. The average molecular weight is 308 g/mol. The van der Waals surface area contributed by atoms with Crippen molar-refractivity contribution in [2.45, 2.75) is 25.8 Å². The van der Waals surface area contributed by atoms with Gasteiger partial charge in [-0.05, 0) is 18.6 Å². The van der Waals surface area contributed by atoms with Crippen LogP contribution in [0.25, 0.3) is 0 Å². The van der Waals surface area contributed by atoms with Gasteiger partial charge < -0.3 is 10.4 Å². The number of carbonyl (C=O) groups excluding carboxylic acids is 1. The first-order valence-corrected chi connectivity index (χ1v) is 6.30. The second-order valence-corrected chi connectivity index (χ2v) is 4.71. The number of halogens is 3. The molecule has 0 saturated heterocycles. The van der Waals surface area contributed by atoms with Crippen LogP contribution in [0.15, 0.2) is 12.1 Å². The largest absolute Gasteiger partial charge is 0.480 e. The molecule has 4 nitrogen and oxygen atoms in total. The number of amides is 1. The van der Waals surface area contributed by atoms with Crippen LogP contribution in [0, 0.1) is 5.82 Å². The predicted octanol–water partition coefficient (Wildman–Crippen LogP) is 3.12. The predicted molar refractivity (Wildman–Crippen MR) is 70.2 cm³/mol. The molecule has 0 aromatic heterocycles. The van der Waals surface area contributed by atoms with Gasteiger partial charge in [-0.3, -0.25) is 4.79 Å². The zero-order chi connectivity index (χ0) is 14.6. The Kier molecular flexibility index (Phi) is 5.57. The molecule has 1 rings (SSSR count). The minimum absolute atomic E-state index is 0.0375. The molecule has 0 saturated carbocycles. The SMILES string of the molecule is CCC[C@H](NC(=O)c1cc(F)c(Cl)cc1Cl)C(=O)O. The van der Waals surface area contributed by atoms with Crippen LogP contribution in [0.5, 0.6) is 0 Å². The van der Waals surface area contributed by atoms with E-state index in [0.29, 0.717) is 6.42 Å². The van der Waals surface area contributed by atoms with E-state index in [1.807, 2.05) is 0 Å². The van der Waals surface area contributed by atoms with Gasteiger partial charge >= 0.3 is 5.97 Å². The number of carboxylic acids is 1. The quantitative estimate of drug-likeness (QED) is 0.821. The molecular formula is C12H12Cl2FNO3. The molecule has 0 aliphatic heterocycles. The number of benzene rings is 1. The fraction of sp³-hybridized carbons (Fsp3) is 0.333. The van der Waals surface area contributed by atoms with Gasteiger partial charge in [0.05, 0.1) is 15.6 Å². The van der Waals surface area contributed by atoms with E-state index in [2.05, 4.69) is 5.32 Å². The maximum absolute atomic E-state index is 13.3. The number of carboxylic acid groups (broad SMARTS) is 1. The molecule has 104 valence electrons. The van der Waals surface area contributed by atoms with Crippen LogP contribution in [0.1, 0.15) is 30.1 Å². The van der Waals surface area contributed by atoms with Crippen LogP contribution in [-0.4, -0.2) is 23.0 Å². The average Bonchev–Trinajstić information content (AvgIpc) is 2.32. The van der Waals surface area contributed by atoms with E-state index < -0.39 is 23.7 Å². The molecule has 1 aromatic carbocycles. The van der Waals surface area contributed by atoms with Crippen molar-refractivity contribution in [3.63, 3.8) is 0 Å². The molecule has 1 atom stereocenters. The van der Waals surface area contributed by atoms with Gasteiger partial charge in [-0.2, -0.15) is 0 Å². The molecular weight excluding hydrogens is 296 g/mol. The highest BCUT2D eigenvalue weighted by atomic mass is 35.5. The fourth-order valence-corrected chi connectivity index (χ4v) is 1.95. The third-order valence-corrected chi connectivity index (χ3v) is 3.04. The lowest BCUT2D eigenvalue weighted by molar-refractivity contribution is -0.139. The second-order valence-electron chi connectivity index (χ2n) is 3.90. The van der Waals surface area contributed by atoms with Crippen LogP contribution >= 0.6 is 23.2 Å². The topological polar surface area (TPSA) is 66.4 Å². The zero-order valence-corrected chi connectivity index (χ0v) is 11.6. The molecule has 0 heterocycles. The first-order chi connectivity index (χ1) is 8.86. The molecule has 2 N–H and O–H groups in total. The molecule has 0 spiro atoms. The van der Waals surface area contributed by atoms with E-state index in [0.717, 1.165) is 12.1 Å². The van der Waals surface area contributed by atoms with Crippen LogP contribution < -0.4 is 5.32 Å². The third-order valence-electron chi connectivity index (χ3n) is 2.44. The highest BCUT2D eigenvalue weighted by molar-refractivity contribution is 6.36. The lowest BCUT2D eigenvalue weighted by atomic mass is 10.1. The molecule has 1 amide bonds. The molecule has 19 heavy (non-hydrogen) atoms. The van der Waals surface area contributed by atoms with Crippen molar-refractivity contribution in [3.05, 3.63) is 33.6 Å². The molecule has 7 heteroatoms. The van der Waals surface area contributed by atoms with Crippen LogP contribution in [-0.2, 0) is 4.79 Å². The second kappa shape index (κ2) is 6.73. The van der Waals surface area contributed by atoms with Crippen molar-refractivity contribution >= 4 is 35.1 Å². The first-order valence-electron chi connectivity index (χ1n) is 5.55. The number of carbonyl (C=O) groups is 2. The molecule has 0 bridgehead atoms. The van der Waals surface area contributed by atoms with Crippen molar-refractivity contribution in [2.75, 3.05) is 0 Å². The summed E-state index contributed by atoms with van der Waals surface area (Å²) in [6.07, 6.45) is 0.856.